The number of hydrogen-bond donors (Lipinski definition) is 1. The molecule has 6 heteroatoms. The van der Waals surface area contributed by atoms with Crippen molar-refractivity contribution >= 4 is 12.4 Å². The van der Waals surface area contributed by atoms with Crippen molar-refractivity contribution in [3.8, 4) is 0 Å². The van der Waals surface area contributed by atoms with Crippen LogP contribution in [0.2, 0.25) is 0 Å². The van der Waals surface area contributed by atoms with Crippen LogP contribution in [0.25, 0.3) is 0 Å². The second-order valence-corrected chi connectivity index (χ2v) is 6.39. The first kappa shape index (κ1) is 16.4. The first-order valence-corrected chi connectivity index (χ1v) is 8.06. The summed E-state index contributed by atoms with van der Waals surface area (Å²) < 4.78 is 11.3. The van der Waals surface area contributed by atoms with E-state index in [1.165, 1.54) is 11.1 Å². The molecule has 0 saturated heterocycles. The van der Waals surface area contributed by atoms with E-state index in [4.69, 9.17) is 15.0 Å². The van der Waals surface area contributed by atoms with Gasteiger partial charge in [-0.1, -0.05) is 42.3 Å². The van der Waals surface area contributed by atoms with Gasteiger partial charge in [0.1, 0.15) is 0 Å². The van der Waals surface area contributed by atoms with Gasteiger partial charge in [0.2, 0.25) is 5.89 Å². The average molecular weight is 336 g/mol. The summed E-state index contributed by atoms with van der Waals surface area (Å²) in [6.45, 7) is 0.740. The molecule has 2 N–H and O–H groups in total. The van der Waals surface area contributed by atoms with Gasteiger partial charge in [-0.25, -0.2) is 0 Å². The van der Waals surface area contributed by atoms with Crippen molar-refractivity contribution in [2.75, 3.05) is 6.61 Å². The Kier molecular flexibility index (Phi) is 4.71. The van der Waals surface area contributed by atoms with Gasteiger partial charge in [-0.2, -0.15) is 4.98 Å². The Morgan fingerprint density at radius 2 is 2.00 bits per heavy atom. The minimum Gasteiger partial charge on any atom is -0.373 e. The lowest BCUT2D eigenvalue weighted by atomic mass is 9.96. The van der Waals surface area contributed by atoms with E-state index in [1.54, 1.807) is 0 Å². The summed E-state index contributed by atoms with van der Waals surface area (Å²) in [6.07, 6.45) is 5.73. The SMILES string of the molecule is Cl.NC1(c2noc(CC3OCCc4ccccc43)n2)CCCC1. The van der Waals surface area contributed by atoms with Gasteiger partial charge in [-0.05, 0) is 30.4 Å². The van der Waals surface area contributed by atoms with Crippen molar-refractivity contribution in [3.63, 3.8) is 0 Å². The number of nitrogens with zero attached hydrogens (tertiary/aromatic N) is 2. The molecule has 1 unspecified atom stereocenters. The molecule has 1 aromatic carbocycles. The zero-order valence-electron chi connectivity index (χ0n) is 13.0. The van der Waals surface area contributed by atoms with Crippen LogP contribution >= 0.6 is 12.4 Å². The van der Waals surface area contributed by atoms with Crippen LogP contribution in [0.1, 0.15) is 54.6 Å². The molecule has 1 aliphatic heterocycles. The summed E-state index contributed by atoms with van der Waals surface area (Å²) in [6, 6.07) is 8.41. The molecule has 4 rings (SSSR count). The average Bonchev–Trinajstić information content (AvgIpc) is 3.18. The highest BCUT2D eigenvalue weighted by Gasteiger charge is 2.36. The number of aromatic nitrogens is 2. The van der Waals surface area contributed by atoms with Crippen molar-refractivity contribution in [2.24, 2.45) is 5.73 Å². The highest BCUT2D eigenvalue weighted by atomic mass is 35.5. The minimum absolute atomic E-state index is 0. The molecule has 1 fully saturated rings. The number of nitrogens with two attached hydrogens (primary N) is 1. The lowest BCUT2D eigenvalue weighted by Crippen LogP contribution is -2.34. The number of rotatable bonds is 3. The molecule has 0 amide bonds. The predicted octanol–water partition coefficient (Wildman–Crippen LogP) is 3.08. The van der Waals surface area contributed by atoms with Gasteiger partial charge in [0, 0.05) is 0 Å². The van der Waals surface area contributed by atoms with Crippen LogP contribution in [-0.4, -0.2) is 16.7 Å². The number of ether oxygens (including phenoxy) is 1. The van der Waals surface area contributed by atoms with E-state index in [0.717, 1.165) is 38.7 Å². The summed E-state index contributed by atoms with van der Waals surface area (Å²) >= 11 is 0. The third-order valence-corrected chi connectivity index (χ3v) is 4.86. The van der Waals surface area contributed by atoms with E-state index < -0.39 is 5.54 Å². The van der Waals surface area contributed by atoms with Crippen LogP contribution in [0.4, 0.5) is 0 Å². The Morgan fingerprint density at radius 3 is 2.83 bits per heavy atom. The van der Waals surface area contributed by atoms with Gasteiger partial charge < -0.3 is 15.0 Å². The van der Waals surface area contributed by atoms with Gasteiger partial charge in [0.05, 0.1) is 24.7 Å². The monoisotopic (exact) mass is 335 g/mol. The van der Waals surface area contributed by atoms with Crippen molar-refractivity contribution in [2.45, 2.75) is 50.2 Å². The van der Waals surface area contributed by atoms with Crippen molar-refractivity contribution in [1.82, 2.24) is 10.1 Å². The highest BCUT2D eigenvalue weighted by molar-refractivity contribution is 5.85. The Bertz CT molecular complexity index is 667. The highest BCUT2D eigenvalue weighted by Crippen LogP contribution is 2.35. The third kappa shape index (κ3) is 3.13. The molecular formula is C17H22ClN3O2. The molecule has 1 saturated carbocycles. The molecule has 2 aromatic rings. The molecule has 2 heterocycles. The van der Waals surface area contributed by atoms with Crippen LogP contribution in [0.3, 0.4) is 0 Å². The maximum Gasteiger partial charge on any atom is 0.229 e. The van der Waals surface area contributed by atoms with Gasteiger partial charge >= 0.3 is 0 Å². The van der Waals surface area contributed by atoms with Gasteiger partial charge in [-0.3, -0.25) is 0 Å². The second-order valence-electron chi connectivity index (χ2n) is 6.39. The van der Waals surface area contributed by atoms with Crippen LogP contribution in [-0.2, 0) is 23.1 Å². The van der Waals surface area contributed by atoms with Crippen LogP contribution < -0.4 is 5.73 Å². The lowest BCUT2D eigenvalue weighted by molar-refractivity contribution is 0.0375. The topological polar surface area (TPSA) is 74.2 Å². The fourth-order valence-corrected chi connectivity index (χ4v) is 3.57. The van der Waals surface area contributed by atoms with Crippen molar-refractivity contribution < 1.29 is 9.26 Å². The minimum atomic E-state index is -0.396. The molecule has 0 bridgehead atoms. The summed E-state index contributed by atoms with van der Waals surface area (Å²) in [7, 11) is 0. The third-order valence-electron chi connectivity index (χ3n) is 4.86. The smallest absolute Gasteiger partial charge is 0.229 e. The van der Waals surface area contributed by atoms with E-state index in [0.29, 0.717) is 18.1 Å². The van der Waals surface area contributed by atoms with Gasteiger partial charge in [0.15, 0.2) is 5.82 Å². The quantitative estimate of drug-likeness (QED) is 0.933. The van der Waals surface area contributed by atoms with Crippen LogP contribution in [0, 0.1) is 0 Å². The fraction of sp³-hybridized carbons (Fsp3) is 0.529. The van der Waals surface area contributed by atoms with E-state index in [1.807, 2.05) is 6.07 Å². The summed E-state index contributed by atoms with van der Waals surface area (Å²) in [4.78, 5) is 4.55. The molecular weight excluding hydrogens is 314 g/mol. The number of benzene rings is 1. The first-order valence-electron chi connectivity index (χ1n) is 8.06. The van der Waals surface area contributed by atoms with Gasteiger partial charge in [0.25, 0.3) is 0 Å². The maximum absolute atomic E-state index is 6.39. The lowest BCUT2D eigenvalue weighted by Gasteiger charge is -2.24. The maximum atomic E-state index is 6.39. The van der Waals surface area contributed by atoms with E-state index in [2.05, 4.69) is 28.3 Å². The molecule has 1 aromatic heterocycles. The molecule has 0 radical (unpaired) electrons. The molecule has 2 aliphatic rings. The Balaban J connectivity index is 0.00000156. The Labute approximate surface area is 142 Å². The van der Waals surface area contributed by atoms with E-state index >= 15 is 0 Å². The zero-order valence-corrected chi connectivity index (χ0v) is 13.8. The Morgan fingerprint density at radius 1 is 1.22 bits per heavy atom. The first-order chi connectivity index (χ1) is 10.7. The largest absolute Gasteiger partial charge is 0.373 e. The molecule has 23 heavy (non-hydrogen) atoms. The summed E-state index contributed by atoms with van der Waals surface area (Å²) in [5.41, 5.74) is 8.58. The van der Waals surface area contributed by atoms with Crippen molar-refractivity contribution in [3.05, 3.63) is 47.1 Å². The van der Waals surface area contributed by atoms with Gasteiger partial charge in [-0.15, -0.1) is 12.4 Å². The fourth-order valence-electron chi connectivity index (χ4n) is 3.57. The van der Waals surface area contributed by atoms with Crippen LogP contribution in [0.5, 0.6) is 0 Å². The number of hydrogen-bond acceptors (Lipinski definition) is 5. The molecule has 1 aliphatic carbocycles. The van der Waals surface area contributed by atoms with E-state index in [-0.39, 0.29) is 18.5 Å². The predicted molar refractivity (Wildman–Crippen MR) is 88.4 cm³/mol. The molecule has 1 atom stereocenters. The standard InChI is InChI=1S/C17H21N3O2.ClH/c18-17(8-3-4-9-17)16-19-15(22-20-16)11-14-13-6-2-1-5-12(13)7-10-21-14;/h1-2,5-6,14H,3-4,7-11,18H2;1H. The second kappa shape index (κ2) is 6.59. The number of fused-ring (bicyclic) bond motifs is 1. The molecule has 5 nitrogen and oxygen atoms in total. The molecule has 0 spiro atoms. The number of halogens is 1. The molecule has 124 valence electrons. The van der Waals surface area contributed by atoms with Crippen molar-refractivity contribution in [1.29, 1.82) is 0 Å². The van der Waals surface area contributed by atoms with E-state index in [9.17, 15) is 0 Å². The zero-order chi connectivity index (χ0) is 15.0. The summed E-state index contributed by atoms with van der Waals surface area (Å²) in [5, 5.41) is 4.12. The Hall–Kier alpha value is -1.43. The summed E-state index contributed by atoms with van der Waals surface area (Å²) in [5.74, 6) is 1.28. The normalized spacial score (nSPS) is 22.4. The van der Waals surface area contributed by atoms with Crippen LogP contribution in [0.15, 0.2) is 28.8 Å².